The van der Waals surface area contributed by atoms with Gasteiger partial charge in [-0.25, -0.2) is 8.42 Å². The summed E-state index contributed by atoms with van der Waals surface area (Å²) in [6.07, 6.45) is 3.25. The van der Waals surface area contributed by atoms with E-state index in [9.17, 15) is 13.2 Å². The summed E-state index contributed by atoms with van der Waals surface area (Å²) in [6.45, 7) is 5.69. The fourth-order valence-electron chi connectivity index (χ4n) is 2.95. The molecule has 0 saturated carbocycles. The van der Waals surface area contributed by atoms with Crippen molar-refractivity contribution in [3.63, 3.8) is 0 Å². The first-order valence-corrected chi connectivity index (χ1v) is 9.23. The highest BCUT2D eigenvalue weighted by Crippen LogP contribution is 2.29. The van der Waals surface area contributed by atoms with E-state index in [2.05, 4.69) is 5.32 Å². The second-order valence-electron chi connectivity index (χ2n) is 5.89. The second kappa shape index (κ2) is 6.79. The number of nitrogens with one attached hydrogen (secondary N) is 1. The smallest absolute Gasteiger partial charge is 0.243 e. The molecule has 1 N–H and O–H groups in total. The standard InChI is InChI=1S/C16H24N2O3S/c1-4-16(19)17-14-8-10-15(11-9-14)22(20,21)18-12(2)6-5-7-13(18)3/h8-13H,4-7H2,1-3H3,(H,17,19). The number of rotatable bonds is 4. The molecule has 5 nitrogen and oxygen atoms in total. The number of carbonyl (C=O) groups excluding carboxylic acids is 1. The monoisotopic (exact) mass is 324 g/mol. The minimum atomic E-state index is -3.49. The summed E-state index contributed by atoms with van der Waals surface area (Å²) in [5.41, 5.74) is 0.616. The summed E-state index contributed by atoms with van der Waals surface area (Å²) in [5, 5.41) is 2.72. The van der Waals surface area contributed by atoms with E-state index in [4.69, 9.17) is 0 Å². The summed E-state index contributed by atoms with van der Waals surface area (Å²) >= 11 is 0. The average Bonchev–Trinajstić information content (AvgIpc) is 2.47. The fourth-order valence-corrected chi connectivity index (χ4v) is 4.83. The minimum Gasteiger partial charge on any atom is -0.326 e. The predicted octanol–water partition coefficient (Wildman–Crippen LogP) is 2.99. The predicted molar refractivity (Wildman–Crippen MR) is 87.2 cm³/mol. The topological polar surface area (TPSA) is 66.5 Å². The maximum Gasteiger partial charge on any atom is 0.243 e. The second-order valence-corrected chi connectivity index (χ2v) is 7.73. The van der Waals surface area contributed by atoms with Crippen LogP contribution in [0, 0.1) is 0 Å². The van der Waals surface area contributed by atoms with Crippen molar-refractivity contribution in [3.8, 4) is 0 Å². The Hall–Kier alpha value is -1.40. The molecule has 1 fully saturated rings. The molecule has 0 bridgehead atoms. The quantitative estimate of drug-likeness (QED) is 0.926. The van der Waals surface area contributed by atoms with E-state index in [0.717, 1.165) is 19.3 Å². The van der Waals surface area contributed by atoms with Gasteiger partial charge in [0, 0.05) is 24.2 Å². The normalized spacial score (nSPS) is 23.2. The maximum absolute atomic E-state index is 12.8. The molecule has 1 aliphatic rings. The molecular formula is C16H24N2O3S. The van der Waals surface area contributed by atoms with Crippen LogP contribution in [-0.2, 0) is 14.8 Å². The molecule has 1 heterocycles. The molecule has 0 aliphatic carbocycles. The third-order valence-corrected chi connectivity index (χ3v) is 6.29. The Morgan fingerprint density at radius 2 is 1.73 bits per heavy atom. The summed E-state index contributed by atoms with van der Waals surface area (Å²) < 4.78 is 27.3. The molecular weight excluding hydrogens is 300 g/mol. The number of piperidine rings is 1. The summed E-state index contributed by atoms with van der Waals surface area (Å²) in [7, 11) is -3.49. The van der Waals surface area contributed by atoms with Gasteiger partial charge in [-0.2, -0.15) is 4.31 Å². The molecule has 1 aromatic carbocycles. The summed E-state index contributed by atoms with van der Waals surface area (Å²) in [5.74, 6) is -0.0890. The molecule has 0 aromatic heterocycles. The number of nitrogens with zero attached hydrogens (tertiary/aromatic N) is 1. The maximum atomic E-state index is 12.8. The molecule has 1 aromatic rings. The zero-order valence-corrected chi connectivity index (χ0v) is 14.2. The molecule has 22 heavy (non-hydrogen) atoms. The molecule has 1 amide bonds. The van der Waals surface area contributed by atoms with E-state index in [1.54, 1.807) is 35.5 Å². The van der Waals surface area contributed by atoms with Crippen LogP contribution in [0.3, 0.4) is 0 Å². The van der Waals surface area contributed by atoms with Crippen LogP contribution in [0.4, 0.5) is 5.69 Å². The molecule has 0 radical (unpaired) electrons. The van der Waals surface area contributed by atoms with Crippen LogP contribution in [0.15, 0.2) is 29.2 Å². The third-order valence-electron chi connectivity index (χ3n) is 4.15. The lowest BCUT2D eigenvalue weighted by Crippen LogP contribution is -2.47. The highest BCUT2D eigenvalue weighted by atomic mass is 32.2. The van der Waals surface area contributed by atoms with Crippen LogP contribution in [-0.4, -0.2) is 30.7 Å². The van der Waals surface area contributed by atoms with Crippen LogP contribution in [0.25, 0.3) is 0 Å². The Kier molecular flexibility index (Phi) is 5.24. The van der Waals surface area contributed by atoms with E-state index in [1.165, 1.54) is 0 Å². The first-order chi connectivity index (χ1) is 10.4. The van der Waals surface area contributed by atoms with E-state index in [0.29, 0.717) is 12.1 Å². The van der Waals surface area contributed by atoms with Gasteiger partial charge in [-0.05, 0) is 51.0 Å². The van der Waals surface area contributed by atoms with Gasteiger partial charge in [0.15, 0.2) is 0 Å². The van der Waals surface area contributed by atoms with Gasteiger partial charge in [-0.1, -0.05) is 13.3 Å². The van der Waals surface area contributed by atoms with Crippen molar-refractivity contribution in [2.75, 3.05) is 5.32 Å². The summed E-state index contributed by atoms with van der Waals surface area (Å²) in [4.78, 5) is 11.6. The Balaban J connectivity index is 2.24. The fraction of sp³-hybridized carbons (Fsp3) is 0.562. The molecule has 2 unspecified atom stereocenters. The van der Waals surface area contributed by atoms with Crippen LogP contribution >= 0.6 is 0 Å². The van der Waals surface area contributed by atoms with Crippen LogP contribution < -0.4 is 5.32 Å². The van der Waals surface area contributed by atoms with Gasteiger partial charge in [0.1, 0.15) is 0 Å². The van der Waals surface area contributed by atoms with Crippen molar-refractivity contribution in [1.82, 2.24) is 4.31 Å². The molecule has 6 heteroatoms. The van der Waals surface area contributed by atoms with Gasteiger partial charge in [0.25, 0.3) is 0 Å². The largest absolute Gasteiger partial charge is 0.326 e. The van der Waals surface area contributed by atoms with Crippen molar-refractivity contribution in [1.29, 1.82) is 0 Å². The van der Waals surface area contributed by atoms with E-state index in [-0.39, 0.29) is 22.9 Å². The highest BCUT2D eigenvalue weighted by molar-refractivity contribution is 7.89. The van der Waals surface area contributed by atoms with Crippen LogP contribution in [0.1, 0.15) is 46.5 Å². The van der Waals surface area contributed by atoms with E-state index < -0.39 is 10.0 Å². The number of sulfonamides is 1. The summed E-state index contributed by atoms with van der Waals surface area (Å²) in [6, 6.07) is 6.45. The van der Waals surface area contributed by atoms with E-state index >= 15 is 0 Å². The van der Waals surface area contributed by atoms with Gasteiger partial charge < -0.3 is 5.32 Å². The van der Waals surface area contributed by atoms with Crippen molar-refractivity contribution in [3.05, 3.63) is 24.3 Å². The highest BCUT2D eigenvalue weighted by Gasteiger charge is 2.35. The molecule has 1 saturated heterocycles. The zero-order chi connectivity index (χ0) is 16.3. The van der Waals surface area contributed by atoms with Gasteiger partial charge in [-0.15, -0.1) is 0 Å². The number of carbonyl (C=O) groups is 1. The Morgan fingerprint density at radius 3 is 2.23 bits per heavy atom. The van der Waals surface area contributed by atoms with Crippen molar-refractivity contribution in [2.45, 2.75) is 63.4 Å². The lowest BCUT2D eigenvalue weighted by Gasteiger charge is -2.37. The zero-order valence-electron chi connectivity index (χ0n) is 13.4. The Labute approximate surface area is 132 Å². The van der Waals surface area contributed by atoms with E-state index in [1.807, 2.05) is 13.8 Å². The van der Waals surface area contributed by atoms with Gasteiger partial charge in [0.05, 0.1) is 4.90 Å². The number of benzene rings is 1. The van der Waals surface area contributed by atoms with Crippen LogP contribution in [0.5, 0.6) is 0 Å². The average molecular weight is 324 g/mol. The number of hydrogen-bond donors (Lipinski definition) is 1. The van der Waals surface area contributed by atoms with Crippen molar-refractivity contribution in [2.24, 2.45) is 0 Å². The molecule has 2 atom stereocenters. The SMILES string of the molecule is CCC(=O)Nc1ccc(S(=O)(=O)N2C(C)CCCC2C)cc1. The Bertz CT molecular complexity index is 615. The third kappa shape index (κ3) is 3.50. The molecule has 122 valence electrons. The lowest BCUT2D eigenvalue weighted by atomic mass is 10.0. The van der Waals surface area contributed by atoms with Gasteiger partial charge >= 0.3 is 0 Å². The number of anilines is 1. The van der Waals surface area contributed by atoms with Crippen molar-refractivity contribution < 1.29 is 13.2 Å². The van der Waals surface area contributed by atoms with Crippen LogP contribution in [0.2, 0.25) is 0 Å². The molecule has 1 aliphatic heterocycles. The van der Waals surface area contributed by atoms with Crippen molar-refractivity contribution >= 4 is 21.6 Å². The minimum absolute atomic E-state index is 0.0215. The molecule has 0 spiro atoms. The Morgan fingerprint density at radius 1 is 1.18 bits per heavy atom. The molecule has 2 rings (SSSR count). The van der Waals surface area contributed by atoms with Gasteiger partial charge in [-0.3, -0.25) is 4.79 Å². The number of amides is 1. The lowest BCUT2D eigenvalue weighted by molar-refractivity contribution is -0.115. The number of hydrogen-bond acceptors (Lipinski definition) is 3. The first-order valence-electron chi connectivity index (χ1n) is 7.79. The van der Waals surface area contributed by atoms with Gasteiger partial charge in [0.2, 0.25) is 15.9 Å². The first kappa shape index (κ1) is 17.0.